The molecule has 0 saturated heterocycles. The minimum atomic E-state index is 1.05. The summed E-state index contributed by atoms with van der Waals surface area (Å²) in [6.07, 6.45) is 21.4. The molecule has 0 atom stereocenters. The highest BCUT2D eigenvalue weighted by molar-refractivity contribution is 5.95. The van der Waals surface area contributed by atoms with Crippen LogP contribution in [0.5, 0.6) is 0 Å². The van der Waals surface area contributed by atoms with E-state index in [0.29, 0.717) is 0 Å². The number of nitrogens with zero attached hydrogens (tertiary/aromatic N) is 2. The zero-order valence-electron chi connectivity index (χ0n) is 26.8. The van der Waals surface area contributed by atoms with Crippen molar-refractivity contribution in [2.24, 2.45) is 0 Å². The topological polar surface area (TPSA) is 49.8 Å². The van der Waals surface area contributed by atoms with E-state index >= 15 is 0 Å². The van der Waals surface area contributed by atoms with Crippen LogP contribution in [0.15, 0.2) is 36.4 Å². The van der Waals surface area contributed by atoms with Crippen molar-refractivity contribution in [2.75, 3.05) is 23.7 Å². The van der Waals surface area contributed by atoms with E-state index in [0.717, 1.165) is 49.8 Å². The molecule has 0 bridgehead atoms. The molecule has 4 heteroatoms. The molecule has 2 aliphatic rings. The molecule has 43 heavy (non-hydrogen) atoms. The standard InChI is InChI=1S/C39H52N4/c1-28-20-22-36-32(26-28)38(30-16-10-4-6-12-18-34(30)42-36)40-24-14-8-3-9-15-25-41-39-31-17-11-5-7-13-19-35(31)43-37-23-21-29(2)27-33(37)39/h20-23,26-27H,3-19,24-25H2,1-2H3,(H,40,42)(H,41,43). The first-order valence-corrected chi connectivity index (χ1v) is 17.5. The molecule has 0 fully saturated rings. The van der Waals surface area contributed by atoms with E-state index in [4.69, 9.17) is 9.97 Å². The van der Waals surface area contributed by atoms with E-state index in [9.17, 15) is 0 Å². The molecule has 0 amide bonds. The highest BCUT2D eigenvalue weighted by Crippen LogP contribution is 2.34. The lowest BCUT2D eigenvalue weighted by molar-refractivity contribution is 0.609. The maximum absolute atomic E-state index is 5.13. The van der Waals surface area contributed by atoms with Crippen LogP contribution in [-0.4, -0.2) is 23.1 Å². The first-order valence-electron chi connectivity index (χ1n) is 17.5. The number of aromatic nitrogens is 2. The lowest BCUT2D eigenvalue weighted by Crippen LogP contribution is -2.11. The average Bonchev–Trinajstić information content (AvgIpc) is 2.97. The van der Waals surface area contributed by atoms with Crippen molar-refractivity contribution in [3.05, 3.63) is 70.0 Å². The molecular weight excluding hydrogens is 524 g/mol. The molecule has 2 heterocycles. The Kier molecular flexibility index (Phi) is 10.1. The van der Waals surface area contributed by atoms with Gasteiger partial charge < -0.3 is 10.6 Å². The number of rotatable bonds is 10. The predicted molar refractivity (Wildman–Crippen MR) is 185 cm³/mol. The molecule has 0 spiro atoms. The number of anilines is 2. The van der Waals surface area contributed by atoms with Crippen molar-refractivity contribution < 1.29 is 0 Å². The van der Waals surface area contributed by atoms with Crippen LogP contribution in [0.25, 0.3) is 21.8 Å². The van der Waals surface area contributed by atoms with E-state index < -0.39 is 0 Å². The van der Waals surface area contributed by atoms with Crippen LogP contribution < -0.4 is 10.6 Å². The molecule has 4 nitrogen and oxygen atoms in total. The highest BCUT2D eigenvalue weighted by Gasteiger charge is 2.18. The second-order valence-corrected chi connectivity index (χ2v) is 13.3. The lowest BCUT2D eigenvalue weighted by Gasteiger charge is -2.21. The Labute approximate surface area is 259 Å². The van der Waals surface area contributed by atoms with Gasteiger partial charge in [-0.1, -0.05) is 68.2 Å². The van der Waals surface area contributed by atoms with Crippen molar-refractivity contribution in [2.45, 2.75) is 123 Å². The summed E-state index contributed by atoms with van der Waals surface area (Å²) in [5, 5.41) is 10.5. The molecule has 6 rings (SSSR count). The van der Waals surface area contributed by atoms with Crippen LogP contribution in [0, 0.1) is 13.8 Å². The fourth-order valence-electron chi connectivity index (χ4n) is 7.39. The van der Waals surface area contributed by atoms with Crippen LogP contribution in [0.2, 0.25) is 0 Å². The number of benzene rings is 2. The van der Waals surface area contributed by atoms with Gasteiger partial charge in [-0.3, -0.25) is 9.97 Å². The molecule has 2 aromatic heterocycles. The van der Waals surface area contributed by atoms with Gasteiger partial charge in [-0.2, -0.15) is 0 Å². The van der Waals surface area contributed by atoms with Crippen molar-refractivity contribution >= 4 is 33.2 Å². The van der Waals surface area contributed by atoms with Gasteiger partial charge in [0.15, 0.2) is 0 Å². The van der Waals surface area contributed by atoms with Gasteiger partial charge in [-0.05, 0) is 113 Å². The van der Waals surface area contributed by atoms with Gasteiger partial charge in [0, 0.05) is 46.6 Å². The number of unbranched alkanes of at least 4 members (excludes halogenated alkanes) is 4. The molecule has 0 saturated carbocycles. The summed E-state index contributed by atoms with van der Waals surface area (Å²) in [4.78, 5) is 10.3. The molecule has 2 N–H and O–H groups in total. The van der Waals surface area contributed by atoms with E-state index in [2.05, 4.69) is 60.9 Å². The third kappa shape index (κ3) is 7.33. The number of nitrogens with one attached hydrogen (secondary N) is 2. The Balaban J connectivity index is 1.02. The number of pyridine rings is 2. The number of hydrogen-bond acceptors (Lipinski definition) is 4. The van der Waals surface area contributed by atoms with Crippen molar-refractivity contribution in [3.8, 4) is 0 Å². The van der Waals surface area contributed by atoms with Gasteiger partial charge in [-0.15, -0.1) is 0 Å². The molecule has 0 aliphatic heterocycles. The number of fused-ring (bicyclic) bond motifs is 4. The minimum Gasteiger partial charge on any atom is -0.384 e. The first kappa shape index (κ1) is 29.9. The highest BCUT2D eigenvalue weighted by atomic mass is 14.9. The Morgan fingerprint density at radius 3 is 1.40 bits per heavy atom. The van der Waals surface area contributed by atoms with Crippen molar-refractivity contribution in [1.82, 2.24) is 9.97 Å². The fourth-order valence-corrected chi connectivity index (χ4v) is 7.39. The quantitative estimate of drug-likeness (QED) is 0.184. The monoisotopic (exact) mass is 576 g/mol. The molecular formula is C39H52N4. The molecule has 228 valence electrons. The zero-order valence-corrected chi connectivity index (χ0v) is 26.8. The minimum absolute atomic E-state index is 1.05. The van der Waals surface area contributed by atoms with Crippen molar-refractivity contribution in [3.63, 3.8) is 0 Å². The summed E-state index contributed by atoms with van der Waals surface area (Å²) in [6.45, 7) is 6.49. The lowest BCUT2D eigenvalue weighted by atomic mass is 9.93. The maximum atomic E-state index is 5.13. The Morgan fingerprint density at radius 1 is 0.512 bits per heavy atom. The largest absolute Gasteiger partial charge is 0.384 e. The Morgan fingerprint density at radius 2 is 0.930 bits per heavy atom. The van der Waals surface area contributed by atoms with Crippen LogP contribution in [-0.2, 0) is 25.7 Å². The van der Waals surface area contributed by atoms with E-state index in [1.54, 1.807) is 0 Å². The van der Waals surface area contributed by atoms with Gasteiger partial charge in [0.05, 0.1) is 11.0 Å². The van der Waals surface area contributed by atoms with Gasteiger partial charge in [0.2, 0.25) is 0 Å². The molecule has 2 aliphatic carbocycles. The normalized spacial score (nSPS) is 15.7. The summed E-state index contributed by atoms with van der Waals surface area (Å²) in [5.41, 5.74) is 13.4. The van der Waals surface area contributed by atoms with Gasteiger partial charge in [0.1, 0.15) is 0 Å². The second kappa shape index (κ2) is 14.6. The summed E-state index contributed by atoms with van der Waals surface area (Å²) in [7, 11) is 0. The molecule has 2 aromatic carbocycles. The summed E-state index contributed by atoms with van der Waals surface area (Å²) < 4.78 is 0. The first-order chi connectivity index (χ1) is 21.2. The summed E-state index contributed by atoms with van der Waals surface area (Å²) >= 11 is 0. The van der Waals surface area contributed by atoms with Gasteiger partial charge in [0.25, 0.3) is 0 Å². The van der Waals surface area contributed by atoms with Crippen LogP contribution in [0.3, 0.4) is 0 Å². The van der Waals surface area contributed by atoms with E-state index in [-0.39, 0.29) is 0 Å². The maximum Gasteiger partial charge on any atom is 0.0726 e. The van der Waals surface area contributed by atoms with Crippen LogP contribution in [0.4, 0.5) is 11.4 Å². The molecule has 0 radical (unpaired) electrons. The average molecular weight is 577 g/mol. The fraction of sp³-hybridized carbons (Fsp3) is 0.538. The molecule has 4 aromatic rings. The van der Waals surface area contributed by atoms with Gasteiger partial charge in [-0.25, -0.2) is 0 Å². The Bertz CT molecular complexity index is 1420. The van der Waals surface area contributed by atoms with Crippen LogP contribution >= 0.6 is 0 Å². The number of aryl methyl sites for hydroxylation is 4. The van der Waals surface area contributed by atoms with E-state index in [1.807, 2.05) is 0 Å². The molecule has 0 unspecified atom stereocenters. The van der Waals surface area contributed by atoms with Crippen LogP contribution in [0.1, 0.15) is 117 Å². The third-order valence-electron chi connectivity index (χ3n) is 9.79. The second-order valence-electron chi connectivity index (χ2n) is 13.3. The number of hydrogen-bond donors (Lipinski definition) is 2. The predicted octanol–water partition coefficient (Wildman–Crippen LogP) is 10.2. The summed E-state index contributed by atoms with van der Waals surface area (Å²) in [5.74, 6) is 0. The van der Waals surface area contributed by atoms with Gasteiger partial charge >= 0.3 is 0 Å². The third-order valence-corrected chi connectivity index (χ3v) is 9.79. The Hall–Kier alpha value is -3.14. The SMILES string of the molecule is Cc1ccc2nc3c(c(NCCCCCCCNc4c5c(nc6ccc(C)cc46)CCCCCC5)c2c1)CCCCCC3. The zero-order chi connectivity index (χ0) is 29.4. The van der Waals surface area contributed by atoms with E-state index in [1.165, 1.54) is 139 Å². The van der Waals surface area contributed by atoms with Crippen molar-refractivity contribution in [1.29, 1.82) is 0 Å². The summed E-state index contributed by atoms with van der Waals surface area (Å²) in [6, 6.07) is 13.5. The smallest absolute Gasteiger partial charge is 0.0726 e.